The highest BCUT2D eigenvalue weighted by Gasteiger charge is 2.25. The Labute approximate surface area is 274 Å². The van der Waals surface area contributed by atoms with E-state index in [2.05, 4.69) is 34.7 Å². The average molecular weight is 656 g/mol. The van der Waals surface area contributed by atoms with E-state index in [1.807, 2.05) is 89.6 Å². The van der Waals surface area contributed by atoms with Crippen LogP contribution in [-0.4, -0.2) is 41.8 Å². The van der Waals surface area contributed by atoms with Crippen molar-refractivity contribution in [2.24, 2.45) is 0 Å². The smallest absolute Gasteiger partial charge is 0.320 e. The van der Waals surface area contributed by atoms with Gasteiger partial charge in [-0.2, -0.15) is 16.9 Å². The van der Waals surface area contributed by atoms with Crippen molar-refractivity contribution in [2.45, 2.75) is 34.9 Å². The van der Waals surface area contributed by atoms with E-state index >= 15 is 0 Å². The third-order valence-electron chi connectivity index (χ3n) is 7.29. The van der Waals surface area contributed by atoms with E-state index < -0.39 is 0 Å². The molecule has 2 amide bonds. The van der Waals surface area contributed by atoms with Gasteiger partial charge in [0.05, 0.1) is 21.7 Å². The van der Waals surface area contributed by atoms with E-state index in [1.165, 1.54) is 0 Å². The van der Waals surface area contributed by atoms with Gasteiger partial charge in [-0.05, 0) is 74.2 Å². The maximum Gasteiger partial charge on any atom is 0.320 e. The Balaban J connectivity index is 1.20. The van der Waals surface area contributed by atoms with Crippen molar-refractivity contribution < 1.29 is 9.90 Å². The van der Waals surface area contributed by atoms with E-state index in [9.17, 15) is 9.90 Å². The Kier molecular flexibility index (Phi) is 8.75. The van der Waals surface area contributed by atoms with E-state index in [1.54, 1.807) is 46.4 Å². The quantitative estimate of drug-likeness (QED) is 0.145. The monoisotopic (exact) mass is 655 g/mol. The third-order valence-corrected chi connectivity index (χ3v) is 9.85. The first kappa shape index (κ1) is 30.6. The lowest BCUT2D eigenvalue weighted by Gasteiger charge is -2.18. The molecule has 0 atom stereocenters. The van der Waals surface area contributed by atoms with Crippen LogP contribution >= 0.6 is 35.1 Å². The number of pyridine rings is 1. The number of amides is 2. The highest BCUT2D eigenvalue weighted by molar-refractivity contribution is 7.99. The molecular weight excluding hydrogens is 626 g/mol. The van der Waals surface area contributed by atoms with Gasteiger partial charge in [0.2, 0.25) is 0 Å². The molecule has 3 N–H and O–H groups in total. The van der Waals surface area contributed by atoms with Crippen molar-refractivity contribution in [2.75, 3.05) is 11.6 Å². The number of nitrogens with one attached hydrogen (secondary N) is 2. The lowest BCUT2D eigenvalue weighted by atomic mass is 10.1. The van der Waals surface area contributed by atoms with Crippen LogP contribution in [0.15, 0.2) is 107 Å². The Morgan fingerprint density at radius 3 is 2.58 bits per heavy atom. The summed E-state index contributed by atoms with van der Waals surface area (Å²) in [7, 11) is 0. The topological polar surface area (TPSA) is 109 Å². The number of anilines is 1. The summed E-state index contributed by atoms with van der Waals surface area (Å²) in [5, 5.41) is 30.3. The molecule has 0 saturated heterocycles. The predicted octanol–water partition coefficient (Wildman–Crippen LogP) is 8.01. The van der Waals surface area contributed by atoms with Crippen LogP contribution in [0.1, 0.15) is 25.1 Å². The minimum Gasteiger partial charge on any atom is -0.507 e. The second kappa shape index (κ2) is 12.9. The van der Waals surface area contributed by atoms with Gasteiger partial charge >= 0.3 is 6.03 Å². The highest BCUT2D eigenvalue weighted by atomic mass is 35.5. The first-order valence-corrected chi connectivity index (χ1v) is 16.5. The minimum atomic E-state index is -0.357. The van der Waals surface area contributed by atoms with Crippen LogP contribution in [0.25, 0.3) is 22.7 Å². The molecule has 3 aromatic carbocycles. The van der Waals surface area contributed by atoms with Crippen molar-refractivity contribution in [3.8, 4) is 22.8 Å². The number of thioether (sulfide) groups is 1. The summed E-state index contributed by atoms with van der Waals surface area (Å²) in [6.45, 7) is 4.49. The molecule has 6 aromatic rings. The fourth-order valence-corrected chi connectivity index (χ4v) is 6.12. The van der Waals surface area contributed by atoms with Gasteiger partial charge in [-0.15, -0.1) is 10.2 Å². The minimum absolute atomic E-state index is 0.138. The van der Waals surface area contributed by atoms with Gasteiger partial charge in [0.15, 0.2) is 11.5 Å². The number of carbonyl (C=O) groups excluding carboxylic acids is 1. The maximum absolute atomic E-state index is 13.2. The van der Waals surface area contributed by atoms with E-state index in [0.29, 0.717) is 34.4 Å². The molecule has 6 rings (SSSR count). The number of aromatic hydroxyl groups is 1. The number of hydrogen-bond acceptors (Lipinski definition) is 7. The molecule has 0 saturated carbocycles. The fraction of sp³-hybridized carbons (Fsp3) is 0.152. The van der Waals surface area contributed by atoms with Crippen LogP contribution in [0, 0.1) is 0 Å². The van der Waals surface area contributed by atoms with Crippen LogP contribution in [0.2, 0.25) is 5.02 Å². The molecular formula is C33H30ClN7O2S2. The molecule has 0 radical (unpaired) electrons. The number of halogens is 1. The molecule has 45 heavy (non-hydrogen) atoms. The number of benzene rings is 3. The number of fused-ring (bicyclic) bond motifs is 1. The zero-order chi connectivity index (χ0) is 31.6. The third kappa shape index (κ3) is 6.65. The maximum atomic E-state index is 13.2. The lowest BCUT2D eigenvalue weighted by Crippen LogP contribution is -2.29. The molecule has 0 aliphatic heterocycles. The highest BCUT2D eigenvalue weighted by Crippen LogP contribution is 2.36. The van der Waals surface area contributed by atoms with Gasteiger partial charge in [-0.1, -0.05) is 59.8 Å². The number of aromatic nitrogens is 5. The summed E-state index contributed by atoms with van der Waals surface area (Å²) in [6, 6.07) is 27.7. The Morgan fingerprint density at radius 2 is 1.78 bits per heavy atom. The molecule has 0 unspecified atom stereocenters. The molecule has 9 nitrogen and oxygen atoms in total. The summed E-state index contributed by atoms with van der Waals surface area (Å²) in [4.78, 5) is 15.1. The van der Waals surface area contributed by atoms with Gasteiger partial charge in [-0.25, -0.2) is 9.48 Å². The number of phenolic OH excluding ortho intramolecular Hbond substituents is 1. The first-order chi connectivity index (χ1) is 21.7. The van der Waals surface area contributed by atoms with Crippen molar-refractivity contribution in [3.05, 3.63) is 113 Å². The van der Waals surface area contributed by atoms with Crippen molar-refractivity contribution >= 4 is 52.6 Å². The second-order valence-electron chi connectivity index (χ2n) is 10.7. The summed E-state index contributed by atoms with van der Waals surface area (Å²) in [6.07, 6.45) is 3.98. The van der Waals surface area contributed by atoms with Crippen LogP contribution in [0.4, 0.5) is 10.6 Å². The summed E-state index contributed by atoms with van der Waals surface area (Å²) in [5.41, 5.74) is 3.81. The van der Waals surface area contributed by atoms with Crippen LogP contribution < -0.4 is 10.6 Å². The SMILES string of the molecule is CSC(C)(C)c1cc(NC(=O)NCc2ccccc2Sc2ccc3nnc(-c4ccccc4O)n3c2)n(-c2cccc(Cl)c2)n1. The van der Waals surface area contributed by atoms with Crippen LogP contribution in [0.3, 0.4) is 0 Å². The largest absolute Gasteiger partial charge is 0.507 e. The van der Waals surface area contributed by atoms with E-state index in [4.69, 9.17) is 16.7 Å². The molecule has 0 fully saturated rings. The summed E-state index contributed by atoms with van der Waals surface area (Å²) < 4.78 is 3.30. The molecule has 0 bridgehead atoms. The van der Waals surface area contributed by atoms with E-state index in [0.717, 1.165) is 26.7 Å². The molecule has 12 heteroatoms. The summed E-state index contributed by atoms with van der Waals surface area (Å²) in [5.74, 6) is 1.23. The zero-order valence-electron chi connectivity index (χ0n) is 24.7. The number of para-hydroxylation sites is 1. The predicted molar refractivity (Wildman–Crippen MR) is 182 cm³/mol. The van der Waals surface area contributed by atoms with Gasteiger partial charge in [0.1, 0.15) is 11.6 Å². The molecule has 3 heterocycles. The molecule has 3 aromatic heterocycles. The normalized spacial score (nSPS) is 11.6. The number of rotatable bonds is 9. The van der Waals surface area contributed by atoms with Gasteiger partial charge in [0, 0.05) is 33.6 Å². The average Bonchev–Trinajstić information content (AvgIpc) is 3.66. The Morgan fingerprint density at radius 1 is 0.978 bits per heavy atom. The van der Waals surface area contributed by atoms with Gasteiger partial charge in [0.25, 0.3) is 0 Å². The fourth-order valence-electron chi connectivity index (χ4n) is 4.66. The number of hydrogen-bond donors (Lipinski definition) is 3. The summed E-state index contributed by atoms with van der Waals surface area (Å²) >= 11 is 9.51. The zero-order valence-corrected chi connectivity index (χ0v) is 27.1. The second-order valence-corrected chi connectivity index (χ2v) is 13.7. The van der Waals surface area contributed by atoms with Crippen molar-refractivity contribution in [3.63, 3.8) is 0 Å². The van der Waals surface area contributed by atoms with Gasteiger partial charge in [-0.3, -0.25) is 9.72 Å². The molecule has 228 valence electrons. The molecule has 0 aliphatic rings. The van der Waals surface area contributed by atoms with Crippen LogP contribution in [0.5, 0.6) is 5.75 Å². The molecule has 0 aliphatic carbocycles. The Hall–Kier alpha value is -4.45. The van der Waals surface area contributed by atoms with Crippen molar-refractivity contribution in [1.82, 2.24) is 29.7 Å². The van der Waals surface area contributed by atoms with E-state index in [-0.39, 0.29) is 16.5 Å². The number of urea groups is 1. The van der Waals surface area contributed by atoms with Crippen LogP contribution in [-0.2, 0) is 11.3 Å². The Bertz CT molecular complexity index is 2010. The number of nitrogens with zero attached hydrogens (tertiary/aromatic N) is 5. The standard InChI is InChI=1S/C33H30ClN7O2S2/c1-33(2,44-3)28-18-30(41(39-28)23-11-8-10-22(34)17-23)36-32(43)35-19-21-9-4-7-14-27(21)45-24-15-16-29-37-38-31(40(29)20-24)25-12-5-6-13-26(25)42/h4-18,20,42H,19H2,1-3H3,(H2,35,36,43). The molecule has 0 spiro atoms. The number of carbonyl (C=O) groups is 1. The van der Waals surface area contributed by atoms with Crippen molar-refractivity contribution in [1.29, 1.82) is 0 Å². The first-order valence-electron chi connectivity index (χ1n) is 14.1. The van der Waals surface area contributed by atoms with Gasteiger partial charge < -0.3 is 10.4 Å². The number of phenols is 1. The lowest BCUT2D eigenvalue weighted by molar-refractivity contribution is 0.251.